The smallest absolute Gasteiger partial charge is 0.0411 e. The Bertz CT molecular complexity index is 626. The molecule has 0 saturated heterocycles. The van der Waals surface area contributed by atoms with Crippen LogP contribution in [0.1, 0.15) is 37.8 Å². The molecule has 122 valence electrons. The number of allylic oxidation sites excluding steroid dienone is 3. The van der Waals surface area contributed by atoms with Crippen LogP contribution in [0.15, 0.2) is 78.7 Å². The van der Waals surface area contributed by atoms with Crippen molar-refractivity contribution in [3.05, 3.63) is 89.8 Å². The molecule has 23 heavy (non-hydrogen) atoms. The van der Waals surface area contributed by atoms with Crippen molar-refractivity contribution in [3.8, 4) is 0 Å². The van der Waals surface area contributed by atoms with E-state index in [0.717, 1.165) is 40.9 Å². The van der Waals surface area contributed by atoms with Gasteiger partial charge in [0.2, 0.25) is 0 Å². The highest BCUT2D eigenvalue weighted by atomic mass is 15.1. The highest BCUT2D eigenvalue weighted by molar-refractivity contribution is 5.64. The standard InChI is InChI=1S/C22H29N/c1-8-11-18(5)22(16-20-14-12-17(4)13-15-20)19(6)23(7)21(9-2)10-3/h9-10,12-16H,2,5-6,8,11H2,1,3-4,7H3/b21-10+,22-16-. The Morgan fingerprint density at radius 1 is 1.17 bits per heavy atom. The van der Waals surface area contributed by atoms with Crippen LogP contribution in [-0.2, 0) is 0 Å². The van der Waals surface area contributed by atoms with Crippen molar-refractivity contribution in [3.63, 3.8) is 0 Å². The molecule has 1 aromatic carbocycles. The third-order valence-electron chi connectivity index (χ3n) is 3.93. The number of nitrogens with zero attached hydrogens (tertiary/aromatic N) is 1. The fraction of sp³-hybridized carbons (Fsp3) is 0.273. The first kappa shape index (κ1) is 18.8. The third-order valence-corrected chi connectivity index (χ3v) is 3.93. The first-order valence-electron chi connectivity index (χ1n) is 8.12. The molecule has 0 spiro atoms. The van der Waals surface area contributed by atoms with Gasteiger partial charge in [-0.3, -0.25) is 0 Å². The second-order valence-corrected chi connectivity index (χ2v) is 5.75. The number of benzene rings is 1. The van der Waals surface area contributed by atoms with Gasteiger partial charge in [-0.05, 0) is 43.6 Å². The van der Waals surface area contributed by atoms with Gasteiger partial charge in [0.25, 0.3) is 0 Å². The van der Waals surface area contributed by atoms with E-state index in [-0.39, 0.29) is 0 Å². The molecule has 0 N–H and O–H groups in total. The average molecular weight is 307 g/mol. The summed E-state index contributed by atoms with van der Waals surface area (Å²) in [6, 6.07) is 8.51. The minimum absolute atomic E-state index is 0.942. The number of hydrogen-bond acceptors (Lipinski definition) is 1. The molecular formula is C22H29N. The normalized spacial score (nSPS) is 12.0. The lowest BCUT2D eigenvalue weighted by atomic mass is 9.97. The third kappa shape index (κ3) is 5.14. The maximum atomic E-state index is 4.30. The number of aryl methyl sites for hydroxylation is 1. The lowest BCUT2D eigenvalue weighted by Gasteiger charge is -2.26. The van der Waals surface area contributed by atoms with Crippen molar-refractivity contribution in [1.82, 2.24) is 4.90 Å². The first-order chi connectivity index (χ1) is 10.9. The zero-order chi connectivity index (χ0) is 17.4. The molecule has 0 saturated carbocycles. The fourth-order valence-corrected chi connectivity index (χ4v) is 2.44. The molecule has 1 rings (SSSR count). The highest BCUT2D eigenvalue weighted by Gasteiger charge is 2.13. The largest absolute Gasteiger partial charge is 0.345 e. The van der Waals surface area contributed by atoms with Gasteiger partial charge in [0.05, 0.1) is 0 Å². The maximum Gasteiger partial charge on any atom is 0.0411 e. The molecule has 0 atom stereocenters. The van der Waals surface area contributed by atoms with Gasteiger partial charge in [0, 0.05) is 24.0 Å². The molecule has 1 nitrogen and oxygen atoms in total. The summed E-state index contributed by atoms with van der Waals surface area (Å²) in [7, 11) is 2.02. The summed E-state index contributed by atoms with van der Waals surface area (Å²) < 4.78 is 0. The number of hydrogen-bond donors (Lipinski definition) is 0. The van der Waals surface area contributed by atoms with Gasteiger partial charge in [-0.1, -0.05) is 69.0 Å². The summed E-state index contributed by atoms with van der Waals surface area (Å²) in [5, 5.41) is 0. The summed E-state index contributed by atoms with van der Waals surface area (Å²) >= 11 is 0. The van der Waals surface area contributed by atoms with Gasteiger partial charge in [-0.15, -0.1) is 0 Å². The van der Waals surface area contributed by atoms with Crippen LogP contribution in [0.2, 0.25) is 0 Å². The van der Waals surface area contributed by atoms with Crippen LogP contribution in [-0.4, -0.2) is 11.9 Å². The quantitative estimate of drug-likeness (QED) is 0.512. The molecule has 0 unspecified atom stereocenters. The van der Waals surface area contributed by atoms with Gasteiger partial charge in [0.1, 0.15) is 0 Å². The molecular weight excluding hydrogens is 278 g/mol. The van der Waals surface area contributed by atoms with Crippen molar-refractivity contribution < 1.29 is 0 Å². The van der Waals surface area contributed by atoms with Crippen molar-refractivity contribution in [2.24, 2.45) is 0 Å². The summed E-state index contributed by atoms with van der Waals surface area (Å²) in [4.78, 5) is 2.06. The average Bonchev–Trinajstić information content (AvgIpc) is 2.54. The molecule has 0 heterocycles. The van der Waals surface area contributed by atoms with Crippen LogP contribution in [0.4, 0.5) is 0 Å². The Labute approximate surface area is 142 Å². The minimum atomic E-state index is 0.942. The molecule has 0 radical (unpaired) electrons. The Balaban J connectivity index is 3.24. The monoisotopic (exact) mass is 307 g/mol. The van der Waals surface area contributed by atoms with Gasteiger partial charge < -0.3 is 4.90 Å². The van der Waals surface area contributed by atoms with E-state index in [4.69, 9.17) is 0 Å². The second-order valence-electron chi connectivity index (χ2n) is 5.75. The molecule has 0 aliphatic rings. The molecule has 0 bridgehead atoms. The van der Waals surface area contributed by atoms with Crippen LogP contribution < -0.4 is 0 Å². The highest BCUT2D eigenvalue weighted by Crippen LogP contribution is 2.27. The van der Waals surface area contributed by atoms with E-state index < -0.39 is 0 Å². The zero-order valence-electron chi connectivity index (χ0n) is 15.0. The zero-order valence-corrected chi connectivity index (χ0v) is 15.0. The van der Waals surface area contributed by atoms with Crippen LogP contribution >= 0.6 is 0 Å². The van der Waals surface area contributed by atoms with E-state index in [1.807, 2.05) is 26.1 Å². The SMILES string of the molecule is C=C/C(=C\C)N(C)C(=C)/C(=C\c1ccc(C)cc1)C(=C)CCC. The van der Waals surface area contributed by atoms with Crippen LogP contribution in [0.25, 0.3) is 6.08 Å². The molecule has 1 heteroatoms. The van der Waals surface area contributed by atoms with Crippen LogP contribution in [0.5, 0.6) is 0 Å². The summed E-state index contributed by atoms with van der Waals surface area (Å²) in [5.41, 5.74) is 6.61. The first-order valence-corrected chi connectivity index (χ1v) is 8.12. The predicted molar refractivity (Wildman–Crippen MR) is 104 cm³/mol. The minimum Gasteiger partial charge on any atom is -0.345 e. The predicted octanol–water partition coefficient (Wildman–Crippen LogP) is 6.27. The Morgan fingerprint density at radius 2 is 1.78 bits per heavy atom. The van der Waals surface area contributed by atoms with Gasteiger partial charge in [-0.2, -0.15) is 0 Å². The molecule has 0 amide bonds. The molecule has 0 fully saturated rings. The van der Waals surface area contributed by atoms with E-state index in [1.165, 1.54) is 5.56 Å². The lowest BCUT2D eigenvalue weighted by molar-refractivity contribution is 0.548. The number of likely N-dealkylation sites (N-methyl/N-ethyl adjacent to an activating group) is 1. The van der Waals surface area contributed by atoms with Gasteiger partial charge in [0.15, 0.2) is 0 Å². The maximum absolute atomic E-state index is 4.30. The van der Waals surface area contributed by atoms with E-state index in [1.54, 1.807) is 0 Å². The van der Waals surface area contributed by atoms with E-state index >= 15 is 0 Å². The summed E-state index contributed by atoms with van der Waals surface area (Å²) in [5.74, 6) is 0. The molecule has 0 aliphatic carbocycles. The Kier molecular flexibility index (Phi) is 7.34. The van der Waals surface area contributed by atoms with Gasteiger partial charge in [-0.25, -0.2) is 0 Å². The van der Waals surface area contributed by atoms with Crippen LogP contribution in [0.3, 0.4) is 0 Å². The second kappa shape index (κ2) is 8.99. The Hall–Kier alpha value is -2.28. The van der Waals surface area contributed by atoms with Crippen molar-refractivity contribution in [2.75, 3.05) is 7.05 Å². The van der Waals surface area contributed by atoms with Crippen molar-refractivity contribution in [1.29, 1.82) is 0 Å². The van der Waals surface area contributed by atoms with Crippen molar-refractivity contribution >= 4 is 6.08 Å². The Morgan fingerprint density at radius 3 is 2.26 bits per heavy atom. The molecule has 0 aliphatic heterocycles. The lowest BCUT2D eigenvalue weighted by Crippen LogP contribution is -2.17. The molecule has 0 aromatic heterocycles. The fourth-order valence-electron chi connectivity index (χ4n) is 2.44. The molecule has 1 aromatic rings. The van der Waals surface area contributed by atoms with Gasteiger partial charge >= 0.3 is 0 Å². The van der Waals surface area contributed by atoms with E-state index in [2.05, 4.69) is 68.8 Å². The topological polar surface area (TPSA) is 3.24 Å². The summed E-state index contributed by atoms with van der Waals surface area (Å²) in [6.07, 6.45) is 8.08. The van der Waals surface area contributed by atoms with E-state index in [0.29, 0.717) is 0 Å². The summed E-state index contributed by atoms with van der Waals surface area (Å²) in [6.45, 7) is 18.7. The van der Waals surface area contributed by atoms with E-state index in [9.17, 15) is 0 Å². The van der Waals surface area contributed by atoms with Crippen LogP contribution in [0, 0.1) is 6.92 Å². The van der Waals surface area contributed by atoms with Crippen molar-refractivity contribution in [2.45, 2.75) is 33.6 Å². The number of rotatable bonds is 8.